The minimum absolute atomic E-state index is 0.0270. The molecule has 3 aliphatic rings. The summed E-state index contributed by atoms with van der Waals surface area (Å²) in [5.41, 5.74) is 8.42. The number of nitrogens with two attached hydrogens (primary N) is 1. The van der Waals surface area contributed by atoms with Gasteiger partial charge in [-0.1, -0.05) is 6.92 Å². The first-order chi connectivity index (χ1) is 18.5. The summed E-state index contributed by atoms with van der Waals surface area (Å²) in [4.78, 5) is 45.8. The number of carbonyl (C=O) groups is 2. The van der Waals surface area contributed by atoms with Crippen LogP contribution in [-0.4, -0.2) is 50.3 Å². The fourth-order valence-electron chi connectivity index (χ4n) is 6.41. The number of likely N-dealkylation sites (N-methyl/N-ethyl adjacent to an activating group) is 1. The molecule has 11 heteroatoms. The Morgan fingerprint density at radius 2 is 2.10 bits per heavy atom. The first-order valence-electron chi connectivity index (χ1n) is 13.0. The Morgan fingerprint density at radius 3 is 2.79 bits per heavy atom. The highest BCUT2D eigenvalue weighted by Gasteiger charge is 2.46. The van der Waals surface area contributed by atoms with Gasteiger partial charge in [-0.05, 0) is 48.9 Å². The summed E-state index contributed by atoms with van der Waals surface area (Å²) in [5, 5.41) is 12.0. The Balaban J connectivity index is 1.65. The molecule has 1 aliphatic carbocycles. The summed E-state index contributed by atoms with van der Waals surface area (Å²) in [7, 11) is 1.70. The van der Waals surface area contributed by atoms with E-state index in [4.69, 9.17) is 15.5 Å². The van der Waals surface area contributed by atoms with E-state index in [1.807, 2.05) is 0 Å². The Hall–Kier alpha value is -3.28. The quantitative estimate of drug-likeness (QED) is 0.262. The SMILES string of the molecule is CC[C@@]1(O)C(=O)OCc2c1cc1n(c2=O)Cc2c-1nc1cc(F)c(C)c3c1c2[C@@H](N(C)C(=O)[C@@H](N)CS)CC3. The second kappa shape index (κ2) is 8.87. The topological polar surface area (TPSA) is 128 Å². The number of amides is 1. The molecule has 0 spiro atoms. The monoisotopic (exact) mass is 552 g/mol. The predicted molar refractivity (Wildman–Crippen MR) is 145 cm³/mol. The molecule has 2 aromatic heterocycles. The maximum absolute atomic E-state index is 15.0. The lowest BCUT2D eigenvalue weighted by atomic mass is 9.81. The van der Waals surface area contributed by atoms with Crippen molar-refractivity contribution < 1.29 is 23.8 Å². The van der Waals surface area contributed by atoms with Crippen LogP contribution < -0.4 is 11.3 Å². The number of pyridine rings is 2. The zero-order valence-corrected chi connectivity index (χ0v) is 22.8. The third-order valence-electron chi connectivity index (χ3n) is 8.68. The van der Waals surface area contributed by atoms with Crippen molar-refractivity contribution in [1.29, 1.82) is 0 Å². The van der Waals surface area contributed by atoms with Gasteiger partial charge in [0.2, 0.25) is 5.91 Å². The smallest absolute Gasteiger partial charge is 0.343 e. The fraction of sp³-hybridized carbons (Fsp3) is 0.429. The number of aliphatic hydroxyl groups is 1. The Morgan fingerprint density at radius 1 is 1.36 bits per heavy atom. The van der Waals surface area contributed by atoms with Gasteiger partial charge in [0, 0.05) is 35.4 Å². The van der Waals surface area contributed by atoms with Gasteiger partial charge >= 0.3 is 5.97 Å². The van der Waals surface area contributed by atoms with Gasteiger partial charge in [0.05, 0.1) is 41.1 Å². The third-order valence-corrected chi connectivity index (χ3v) is 9.07. The highest BCUT2D eigenvalue weighted by molar-refractivity contribution is 7.80. The van der Waals surface area contributed by atoms with E-state index in [-0.39, 0.29) is 59.8 Å². The zero-order valence-electron chi connectivity index (χ0n) is 21.9. The molecule has 9 nitrogen and oxygen atoms in total. The fourth-order valence-corrected chi connectivity index (χ4v) is 6.57. The summed E-state index contributed by atoms with van der Waals surface area (Å²) in [6.45, 7) is 3.33. The second-order valence-corrected chi connectivity index (χ2v) is 11.0. The minimum Gasteiger partial charge on any atom is -0.458 e. The van der Waals surface area contributed by atoms with E-state index in [0.29, 0.717) is 35.3 Å². The number of esters is 1. The molecule has 0 saturated carbocycles. The summed E-state index contributed by atoms with van der Waals surface area (Å²) in [6, 6.07) is 1.86. The van der Waals surface area contributed by atoms with Crippen LogP contribution in [-0.2, 0) is 39.5 Å². The number of rotatable bonds is 4. The van der Waals surface area contributed by atoms with Gasteiger partial charge in [0.15, 0.2) is 5.60 Å². The van der Waals surface area contributed by atoms with Crippen molar-refractivity contribution in [3.63, 3.8) is 0 Å². The number of fused-ring (bicyclic) bond motifs is 5. The predicted octanol–water partition coefficient (Wildman–Crippen LogP) is 2.23. The van der Waals surface area contributed by atoms with Crippen molar-refractivity contribution in [2.75, 3.05) is 12.8 Å². The molecule has 2 aliphatic heterocycles. The van der Waals surface area contributed by atoms with Gasteiger partial charge in [-0.25, -0.2) is 14.2 Å². The van der Waals surface area contributed by atoms with E-state index in [1.165, 1.54) is 6.07 Å². The maximum Gasteiger partial charge on any atom is 0.343 e. The summed E-state index contributed by atoms with van der Waals surface area (Å²) in [6.07, 6.45) is 1.12. The Bertz CT molecular complexity index is 1670. The van der Waals surface area contributed by atoms with Crippen LogP contribution in [0.5, 0.6) is 0 Å². The Labute approximate surface area is 229 Å². The average Bonchev–Trinajstić information content (AvgIpc) is 3.31. The molecule has 204 valence electrons. The number of halogens is 1. The number of thiol groups is 1. The van der Waals surface area contributed by atoms with Gasteiger partial charge in [0.25, 0.3) is 5.56 Å². The molecule has 0 bridgehead atoms. The number of nitrogens with zero attached hydrogens (tertiary/aromatic N) is 3. The van der Waals surface area contributed by atoms with Crippen LogP contribution >= 0.6 is 12.6 Å². The summed E-state index contributed by atoms with van der Waals surface area (Å²) >= 11 is 4.19. The molecular formula is C28H29FN4O5S. The van der Waals surface area contributed by atoms with Crippen molar-refractivity contribution in [3.8, 4) is 11.4 Å². The van der Waals surface area contributed by atoms with Crippen LogP contribution in [0.4, 0.5) is 4.39 Å². The van der Waals surface area contributed by atoms with Crippen LogP contribution in [0.25, 0.3) is 22.3 Å². The maximum atomic E-state index is 15.0. The summed E-state index contributed by atoms with van der Waals surface area (Å²) in [5.74, 6) is -1.25. The van der Waals surface area contributed by atoms with Crippen molar-refractivity contribution in [3.05, 3.63) is 61.7 Å². The molecule has 0 saturated heterocycles. The Kier molecular flexibility index (Phi) is 5.91. The van der Waals surface area contributed by atoms with Crippen molar-refractivity contribution in [2.24, 2.45) is 5.73 Å². The van der Waals surface area contributed by atoms with E-state index in [1.54, 1.807) is 36.4 Å². The first-order valence-corrected chi connectivity index (χ1v) is 13.6. The molecule has 39 heavy (non-hydrogen) atoms. The van der Waals surface area contributed by atoms with Crippen molar-refractivity contribution in [1.82, 2.24) is 14.5 Å². The van der Waals surface area contributed by atoms with Gasteiger partial charge in [-0.15, -0.1) is 0 Å². The average molecular weight is 553 g/mol. The normalized spacial score (nSPS) is 21.7. The van der Waals surface area contributed by atoms with Crippen LogP contribution in [0.1, 0.15) is 59.2 Å². The third kappa shape index (κ3) is 3.46. The van der Waals surface area contributed by atoms with Crippen molar-refractivity contribution >= 4 is 35.4 Å². The number of carbonyl (C=O) groups excluding carboxylic acids is 2. The molecule has 1 aromatic carbocycles. The first kappa shape index (κ1) is 26.0. The van der Waals surface area contributed by atoms with E-state index in [2.05, 4.69) is 12.6 Å². The van der Waals surface area contributed by atoms with E-state index < -0.39 is 17.6 Å². The highest BCUT2D eigenvalue weighted by atomic mass is 32.1. The van der Waals surface area contributed by atoms with Gasteiger partial charge in [-0.3, -0.25) is 9.59 Å². The van der Waals surface area contributed by atoms with Crippen LogP contribution in [0.15, 0.2) is 16.9 Å². The second-order valence-electron chi connectivity index (χ2n) is 10.6. The zero-order chi connectivity index (χ0) is 28.0. The lowest BCUT2D eigenvalue weighted by Crippen LogP contribution is -2.45. The number of aryl methyl sites for hydroxylation is 1. The molecule has 0 radical (unpaired) electrons. The standard InChI is InChI=1S/C28H29FN4O5S/c1-4-28(37)16-7-21-24-14(9-33(21)25(34)15(16)10-38-27(28)36)23-20(32(3)26(35)18(30)11-39)6-5-13-12(2)17(29)8-19(31-24)22(13)23/h7-8,18,20,37,39H,4-6,9-11,30H2,1-3H3/t18-,20-,28-/m0/s1. The molecule has 4 heterocycles. The van der Waals surface area contributed by atoms with E-state index in [9.17, 15) is 19.5 Å². The van der Waals surface area contributed by atoms with Gasteiger partial charge in [0.1, 0.15) is 12.4 Å². The molecule has 3 atom stereocenters. The molecular weight excluding hydrogens is 523 g/mol. The molecule has 0 fully saturated rings. The molecule has 1 amide bonds. The number of cyclic esters (lactones) is 1. The van der Waals surface area contributed by atoms with E-state index >= 15 is 4.39 Å². The van der Waals surface area contributed by atoms with E-state index in [0.717, 1.165) is 22.1 Å². The largest absolute Gasteiger partial charge is 0.458 e. The lowest BCUT2D eigenvalue weighted by Gasteiger charge is -2.36. The van der Waals surface area contributed by atoms with Gasteiger partial charge in [-0.2, -0.15) is 12.6 Å². The molecule has 3 aromatic rings. The molecule has 6 rings (SSSR count). The number of aromatic nitrogens is 2. The lowest BCUT2D eigenvalue weighted by molar-refractivity contribution is -0.172. The number of benzene rings is 1. The number of ether oxygens (including phenoxy) is 1. The van der Waals surface area contributed by atoms with Crippen LogP contribution in [0.3, 0.4) is 0 Å². The van der Waals surface area contributed by atoms with Crippen LogP contribution in [0, 0.1) is 12.7 Å². The highest BCUT2D eigenvalue weighted by Crippen LogP contribution is 2.47. The van der Waals surface area contributed by atoms with Crippen LogP contribution in [0.2, 0.25) is 0 Å². The van der Waals surface area contributed by atoms with Crippen molar-refractivity contribution in [2.45, 2.75) is 63.9 Å². The minimum atomic E-state index is -1.95. The summed E-state index contributed by atoms with van der Waals surface area (Å²) < 4.78 is 21.8. The number of hydrogen-bond acceptors (Lipinski definition) is 8. The van der Waals surface area contributed by atoms with Gasteiger partial charge < -0.3 is 25.0 Å². The molecule has 0 unspecified atom stereocenters. The molecule has 3 N–H and O–H groups in total. The number of hydrogen-bond donors (Lipinski definition) is 3.